The first-order chi connectivity index (χ1) is 14.2. The van der Waals surface area contributed by atoms with E-state index in [1.165, 1.54) is 24.5 Å². The second kappa shape index (κ2) is 8.59. The molecule has 0 spiro atoms. The van der Waals surface area contributed by atoms with Crippen molar-refractivity contribution in [3.63, 3.8) is 0 Å². The average Bonchev–Trinajstić information content (AvgIpc) is 2.98. The predicted octanol–water partition coefficient (Wildman–Crippen LogP) is 2.97. The van der Waals surface area contributed by atoms with Gasteiger partial charge in [-0.1, -0.05) is 12.1 Å². The Bertz CT molecular complexity index is 1210. The summed E-state index contributed by atoms with van der Waals surface area (Å²) in [7, 11) is 1.01. The Morgan fingerprint density at radius 1 is 1.23 bits per heavy atom. The quantitative estimate of drug-likeness (QED) is 0.623. The predicted molar refractivity (Wildman–Crippen MR) is 116 cm³/mol. The van der Waals surface area contributed by atoms with Crippen LogP contribution in [0.5, 0.6) is 5.75 Å². The van der Waals surface area contributed by atoms with E-state index >= 15 is 0 Å². The topological polar surface area (TPSA) is 79.2 Å². The third-order valence-electron chi connectivity index (χ3n) is 5.11. The first-order valence-electron chi connectivity index (χ1n) is 9.54. The molecule has 3 N–H and O–H groups in total. The lowest BCUT2D eigenvalue weighted by molar-refractivity contribution is -0.353. The zero-order valence-corrected chi connectivity index (χ0v) is 18.5. The van der Waals surface area contributed by atoms with Gasteiger partial charge in [-0.2, -0.15) is 0 Å². The van der Waals surface area contributed by atoms with Gasteiger partial charge >= 0.3 is 0 Å². The van der Waals surface area contributed by atoms with E-state index in [0.717, 1.165) is 27.7 Å². The van der Waals surface area contributed by atoms with Crippen molar-refractivity contribution in [1.29, 1.82) is 0 Å². The van der Waals surface area contributed by atoms with Gasteiger partial charge in [-0.15, -0.1) is 0 Å². The molecule has 2 aromatic carbocycles. The Morgan fingerprint density at radius 2 is 1.97 bits per heavy atom. The van der Waals surface area contributed by atoms with E-state index in [-0.39, 0.29) is 17.3 Å². The summed E-state index contributed by atoms with van der Waals surface area (Å²) in [5, 5.41) is 0.869. The van der Waals surface area contributed by atoms with Crippen LogP contribution >= 0.6 is 0 Å². The van der Waals surface area contributed by atoms with Gasteiger partial charge in [0.15, 0.2) is 0 Å². The lowest BCUT2D eigenvalue weighted by Gasteiger charge is -2.13. The van der Waals surface area contributed by atoms with Crippen molar-refractivity contribution in [1.82, 2.24) is 8.87 Å². The molecule has 3 aromatic rings. The van der Waals surface area contributed by atoms with Crippen molar-refractivity contribution in [2.24, 2.45) is 0 Å². The number of quaternary nitrogens is 1. The summed E-state index contributed by atoms with van der Waals surface area (Å²) in [5.74, 6) is 0.406. The number of methoxy groups -OCH3 is 1. The SMILES string of the molecule is COc1ccc2c(c1)c(-c1cccc(S(=O)(=O)N(C)C)c1)c(C)n2CC(F)=CC[NH3+]. The molecule has 0 fully saturated rings. The maximum Gasteiger partial charge on any atom is 0.242 e. The smallest absolute Gasteiger partial charge is 0.242 e. The van der Waals surface area contributed by atoms with Crippen LogP contribution in [-0.2, 0) is 16.6 Å². The van der Waals surface area contributed by atoms with Crippen molar-refractivity contribution < 1.29 is 23.3 Å². The van der Waals surface area contributed by atoms with Gasteiger partial charge in [-0.05, 0) is 42.8 Å². The third kappa shape index (κ3) is 3.98. The zero-order valence-electron chi connectivity index (χ0n) is 17.6. The van der Waals surface area contributed by atoms with E-state index in [1.54, 1.807) is 25.3 Å². The number of sulfonamides is 1. The standard InChI is InChI=1S/C22H26FN3O3S/c1-15-22(16-6-5-7-19(12-16)30(27,28)25(2)3)20-13-18(29-4)8-9-21(20)26(15)14-17(23)10-11-24/h5-10,12-13H,11,14,24H2,1-4H3/p+1. The van der Waals surface area contributed by atoms with Gasteiger partial charge < -0.3 is 15.0 Å². The Hall–Kier alpha value is -2.68. The molecule has 0 amide bonds. The van der Waals surface area contributed by atoms with Crippen LogP contribution in [0.25, 0.3) is 22.0 Å². The molecule has 0 aliphatic carbocycles. The van der Waals surface area contributed by atoms with Crippen molar-refractivity contribution in [2.75, 3.05) is 27.7 Å². The lowest BCUT2D eigenvalue weighted by atomic mass is 10.0. The van der Waals surface area contributed by atoms with E-state index in [2.05, 4.69) is 5.73 Å². The van der Waals surface area contributed by atoms with Crippen LogP contribution in [0.3, 0.4) is 0 Å². The minimum Gasteiger partial charge on any atom is -0.497 e. The molecule has 6 nitrogen and oxygen atoms in total. The van der Waals surface area contributed by atoms with E-state index < -0.39 is 10.0 Å². The molecule has 0 aliphatic heterocycles. The number of rotatable bonds is 7. The van der Waals surface area contributed by atoms with Gasteiger partial charge in [-0.3, -0.25) is 0 Å². The number of benzene rings is 2. The fraction of sp³-hybridized carbons (Fsp3) is 0.273. The zero-order chi connectivity index (χ0) is 22.1. The largest absolute Gasteiger partial charge is 0.497 e. The van der Waals surface area contributed by atoms with Crippen molar-refractivity contribution >= 4 is 20.9 Å². The van der Waals surface area contributed by atoms with Crippen molar-refractivity contribution in [3.05, 3.63) is 60.1 Å². The fourth-order valence-corrected chi connectivity index (χ4v) is 4.50. The van der Waals surface area contributed by atoms with Crippen molar-refractivity contribution in [2.45, 2.75) is 18.4 Å². The van der Waals surface area contributed by atoms with Crippen LogP contribution in [-0.4, -0.2) is 45.0 Å². The summed E-state index contributed by atoms with van der Waals surface area (Å²) in [6, 6.07) is 12.4. The minimum absolute atomic E-state index is 0.0832. The fourth-order valence-electron chi connectivity index (χ4n) is 3.55. The number of hydrogen-bond donors (Lipinski definition) is 1. The highest BCUT2D eigenvalue weighted by Gasteiger charge is 2.21. The number of ether oxygens (including phenoxy) is 1. The molecule has 0 radical (unpaired) electrons. The highest BCUT2D eigenvalue weighted by molar-refractivity contribution is 7.89. The number of nitrogens with zero attached hydrogens (tertiary/aromatic N) is 2. The molecule has 160 valence electrons. The summed E-state index contributed by atoms with van der Waals surface area (Å²) in [6.45, 7) is 2.36. The van der Waals surface area contributed by atoms with Gasteiger partial charge in [-0.25, -0.2) is 17.1 Å². The molecule has 30 heavy (non-hydrogen) atoms. The third-order valence-corrected chi connectivity index (χ3v) is 6.92. The summed E-state index contributed by atoms with van der Waals surface area (Å²) >= 11 is 0. The summed E-state index contributed by atoms with van der Waals surface area (Å²) in [6.07, 6.45) is 1.46. The Labute approximate surface area is 176 Å². The second-order valence-corrected chi connectivity index (χ2v) is 9.34. The summed E-state index contributed by atoms with van der Waals surface area (Å²) < 4.78 is 48.1. The van der Waals surface area contributed by atoms with Gasteiger partial charge in [0, 0.05) is 42.3 Å². The van der Waals surface area contributed by atoms with Crippen molar-refractivity contribution in [3.8, 4) is 16.9 Å². The normalized spacial score (nSPS) is 12.7. The minimum atomic E-state index is -3.58. The Morgan fingerprint density at radius 3 is 2.60 bits per heavy atom. The molecule has 1 heterocycles. The highest BCUT2D eigenvalue weighted by atomic mass is 32.2. The van der Waals surface area contributed by atoms with E-state index in [9.17, 15) is 12.8 Å². The summed E-state index contributed by atoms with van der Waals surface area (Å²) in [5.41, 5.74) is 6.95. The van der Waals surface area contributed by atoms with Crippen LogP contribution in [0.4, 0.5) is 4.39 Å². The molecular weight excluding hydrogens is 405 g/mol. The molecule has 3 rings (SSSR count). The van der Waals surface area contributed by atoms with Crippen LogP contribution in [0.1, 0.15) is 5.69 Å². The van der Waals surface area contributed by atoms with Gasteiger partial charge in [0.25, 0.3) is 0 Å². The first kappa shape index (κ1) is 22.0. The first-order valence-corrected chi connectivity index (χ1v) is 11.0. The van der Waals surface area contributed by atoms with Crippen LogP contribution in [0, 0.1) is 6.92 Å². The second-order valence-electron chi connectivity index (χ2n) is 7.18. The average molecular weight is 433 g/mol. The maximum absolute atomic E-state index is 14.4. The van der Waals surface area contributed by atoms with Crippen LogP contribution in [0.15, 0.2) is 59.3 Å². The molecule has 0 saturated carbocycles. The molecule has 0 bridgehead atoms. The molecule has 1 aromatic heterocycles. The Kier molecular flexibility index (Phi) is 6.30. The molecule has 0 unspecified atom stereocenters. The van der Waals surface area contributed by atoms with Crippen LogP contribution in [0.2, 0.25) is 0 Å². The number of allylic oxidation sites excluding steroid dienone is 1. The summed E-state index contributed by atoms with van der Waals surface area (Å²) in [4.78, 5) is 0.205. The Balaban J connectivity index is 2.28. The van der Waals surface area contributed by atoms with Gasteiger partial charge in [0.2, 0.25) is 10.0 Å². The van der Waals surface area contributed by atoms with E-state index in [4.69, 9.17) is 4.74 Å². The molecule has 8 heteroatoms. The monoisotopic (exact) mass is 432 g/mol. The van der Waals surface area contributed by atoms with Gasteiger partial charge in [0.1, 0.15) is 11.6 Å². The number of aromatic nitrogens is 1. The number of hydrogen-bond acceptors (Lipinski definition) is 3. The highest BCUT2D eigenvalue weighted by Crippen LogP contribution is 2.38. The molecule has 0 aliphatic rings. The number of halogens is 1. The molecule has 0 saturated heterocycles. The lowest BCUT2D eigenvalue weighted by Crippen LogP contribution is -2.49. The van der Waals surface area contributed by atoms with Gasteiger partial charge in [0.05, 0.1) is 25.1 Å². The maximum atomic E-state index is 14.4. The molecule has 0 atom stereocenters. The van der Waals surface area contributed by atoms with E-state index in [0.29, 0.717) is 12.3 Å². The molecular formula is C22H27FN3O3S+. The number of fused-ring (bicyclic) bond motifs is 1. The van der Waals surface area contributed by atoms with Crippen LogP contribution < -0.4 is 10.5 Å². The van der Waals surface area contributed by atoms with E-state index in [1.807, 2.05) is 35.8 Å².